The third kappa shape index (κ3) is 4.82. The summed E-state index contributed by atoms with van der Waals surface area (Å²) in [6, 6.07) is 10.1. The van der Waals surface area contributed by atoms with Crippen LogP contribution in [0.3, 0.4) is 0 Å². The van der Waals surface area contributed by atoms with E-state index in [2.05, 4.69) is 21.0 Å². The van der Waals surface area contributed by atoms with Crippen molar-refractivity contribution in [2.75, 3.05) is 31.5 Å². The lowest BCUT2D eigenvalue weighted by Gasteiger charge is -2.33. The van der Waals surface area contributed by atoms with Crippen LogP contribution in [0.15, 0.2) is 55.0 Å². The molecule has 3 fully saturated rings. The molecule has 2 saturated heterocycles. The average Bonchev–Trinajstić information content (AvgIpc) is 3.47. The van der Waals surface area contributed by atoms with Crippen LogP contribution in [0.4, 0.5) is 14.9 Å². The van der Waals surface area contributed by atoms with Gasteiger partial charge >= 0.3 is 6.03 Å². The van der Waals surface area contributed by atoms with Crippen LogP contribution in [0.1, 0.15) is 71.6 Å². The summed E-state index contributed by atoms with van der Waals surface area (Å²) in [6.07, 6.45) is 10.0. The third-order valence-corrected chi connectivity index (χ3v) is 7.87. The van der Waals surface area contributed by atoms with Gasteiger partial charge in [0.25, 0.3) is 5.91 Å². The predicted octanol–water partition coefficient (Wildman–Crippen LogP) is 4.79. The highest BCUT2D eigenvalue weighted by Gasteiger charge is 2.38. The highest BCUT2D eigenvalue weighted by Crippen LogP contribution is 2.44. The standard InChI is InChI=1S/C28H31FN6O2/c29-24-5-1-2-6-25(24)32-28(37)33-14-10-22(11-15-33)35-26(19-7-8-19)23(17-31-35)27(36)34-13-9-21(18-34)20-4-3-12-30-16-20/h1-6,12,16-17,19,21-22H,7-11,13-15,18H2,(H,32,37). The maximum absolute atomic E-state index is 13.9. The van der Waals surface area contributed by atoms with Gasteiger partial charge in [0.05, 0.1) is 29.2 Å². The second-order valence-electron chi connectivity index (χ2n) is 10.3. The molecule has 1 aliphatic carbocycles. The van der Waals surface area contributed by atoms with Crippen molar-refractivity contribution < 1.29 is 14.0 Å². The Morgan fingerprint density at radius 2 is 1.68 bits per heavy atom. The Kier molecular flexibility index (Phi) is 6.36. The summed E-state index contributed by atoms with van der Waals surface area (Å²) in [7, 11) is 0. The molecule has 192 valence electrons. The number of para-hydroxylation sites is 1. The number of likely N-dealkylation sites (tertiary alicyclic amines) is 2. The number of anilines is 1. The summed E-state index contributed by atoms with van der Waals surface area (Å²) in [5, 5.41) is 7.39. The first-order valence-electron chi connectivity index (χ1n) is 13.2. The first-order valence-corrected chi connectivity index (χ1v) is 13.2. The van der Waals surface area contributed by atoms with E-state index in [1.807, 2.05) is 17.2 Å². The Labute approximate surface area is 215 Å². The van der Waals surface area contributed by atoms with Gasteiger partial charge in [0.15, 0.2) is 0 Å². The fourth-order valence-corrected chi connectivity index (χ4v) is 5.67. The van der Waals surface area contributed by atoms with Gasteiger partial charge in [0.1, 0.15) is 5.82 Å². The van der Waals surface area contributed by atoms with Gasteiger partial charge in [-0.3, -0.25) is 14.5 Å². The lowest BCUT2D eigenvalue weighted by molar-refractivity contribution is 0.0789. The second-order valence-corrected chi connectivity index (χ2v) is 10.3. The smallest absolute Gasteiger partial charge is 0.321 e. The molecule has 1 saturated carbocycles. The van der Waals surface area contributed by atoms with E-state index in [1.165, 1.54) is 11.6 Å². The van der Waals surface area contributed by atoms with Gasteiger partial charge in [0.2, 0.25) is 0 Å². The van der Waals surface area contributed by atoms with Crippen molar-refractivity contribution in [3.8, 4) is 0 Å². The number of hydrogen-bond acceptors (Lipinski definition) is 4. The largest absolute Gasteiger partial charge is 0.338 e. The summed E-state index contributed by atoms with van der Waals surface area (Å²) in [5.74, 6) is 0.317. The highest BCUT2D eigenvalue weighted by molar-refractivity contribution is 5.95. The number of pyridine rings is 1. The van der Waals surface area contributed by atoms with Crippen LogP contribution in [-0.4, -0.2) is 62.7 Å². The molecule has 0 spiro atoms. The van der Waals surface area contributed by atoms with Crippen molar-refractivity contribution in [3.05, 3.63) is 77.6 Å². The quantitative estimate of drug-likeness (QED) is 0.544. The Balaban J connectivity index is 1.12. The minimum Gasteiger partial charge on any atom is -0.338 e. The number of amides is 3. The van der Waals surface area contributed by atoms with E-state index in [1.54, 1.807) is 35.5 Å². The van der Waals surface area contributed by atoms with Gasteiger partial charge < -0.3 is 15.1 Å². The van der Waals surface area contributed by atoms with Crippen molar-refractivity contribution in [2.24, 2.45) is 0 Å². The van der Waals surface area contributed by atoms with E-state index < -0.39 is 5.82 Å². The molecule has 1 unspecified atom stereocenters. The van der Waals surface area contributed by atoms with Gasteiger partial charge in [-0.1, -0.05) is 18.2 Å². The molecule has 2 aliphatic heterocycles. The number of rotatable bonds is 5. The maximum Gasteiger partial charge on any atom is 0.321 e. The molecule has 1 N–H and O–H groups in total. The van der Waals surface area contributed by atoms with Crippen LogP contribution >= 0.6 is 0 Å². The SMILES string of the molecule is O=C(Nc1ccccc1F)N1CCC(n2ncc(C(=O)N3CCC(c4cccnc4)C3)c2C2CC2)CC1. The number of nitrogens with one attached hydrogen (secondary N) is 1. The number of halogens is 1. The summed E-state index contributed by atoms with van der Waals surface area (Å²) in [4.78, 5) is 34.2. The van der Waals surface area contributed by atoms with Crippen molar-refractivity contribution >= 4 is 17.6 Å². The molecule has 2 aromatic heterocycles. The first kappa shape index (κ1) is 23.6. The van der Waals surface area contributed by atoms with Gasteiger partial charge in [-0.15, -0.1) is 0 Å². The van der Waals surface area contributed by atoms with Crippen molar-refractivity contribution in [1.82, 2.24) is 24.6 Å². The predicted molar refractivity (Wildman–Crippen MR) is 137 cm³/mol. The second kappa shape index (κ2) is 9.95. The van der Waals surface area contributed by atoms with Gasteiger partial charge in [-0.2, -0.15) is 5.10 Å². The summed E-state index contributed by atoms with van der Waals surface area (Å²) >= 11 is 0. The van der Waals surface area contributed by atoms with Crippen LogP contribution in [0.25, 0.3) is 0 Å². The van der Waals surface area contributed by atoms with Crippen LogP contribution < -0.4 is 5.32 Å². The lowest BCUT2D eigenvalue weighted by atomic mass is 10.0. The van der Waals surface area contributed by atoms with E-state index in [4.69, 9.17) is 5.10 Å². The molecule has 37 heavy (non-hydrogen) atoms. The van der Waals surface area contributed by atoms with Crippen LogP contribution in [0.2, 0.25) is 0 Å². The van der Waals surface area contributed by atoms with Crippen LogP contribution in [0.5, 0.6) is 0 Å². The van der Waals surface area contributed by atoms with E-state index >= 15 is 0 Å². The molecule has 3 aromatic rings. The zero-order valence-corrected chi connectivity index (χ0v) is 20.7. The van der Waals surface area contributed by atoms with Crippen LogP contribution in [-0.2, 0) is 0 Å². The Morgan fingerprint density at radius 1 is 0.892 bits per heavy atom. The summed E-state index contributed by atoms with van der Waals surface area (Å²) in [5.41, 5.74) is 3.16. The normalized spacial score (nSPS) is 20.3. The number of carbonyl (C=O) groups excluding carboxylic acids is 2. The van der Waals surface area contributed by atoms with Crippen molar-refractivity contribution in [2.45, 2.75) is 50.0 Å². The third-order valence-electron chi connectivity index (χ3n) is 7.87. The minimum atomic E-state index is -0.446. The topological polar surface area (TPSA) is 83.4 Å². The summed E-state index contributed by atoms with van der Waals surface area (Å²) < 4.78 is 16.0. The molecule has 9 heteroatoms. The lowest BCUT2D eigenvalue weighted by Crippen LogP contribution is -2.42. The Bertz CT molecular complexity index is 1280. The van der Waals surface area contributed by atoms with Gasteiger partial charge in [-0.25, -0.2) is 9.18 Å². The van der Waals surface area contributed by atoms with Gasteiger partial charge in [-0.05, 0) is 55.9 Å². The Morgan fingerprint density at radius 3 is 2.41 bits per heavy atom. The van der Waals surface area contributed by atoms with Gasteiger partial charge in [0, 0.05) is 50.4 Å². The number of aromatic nitrogens is 3. The van der Waals surface area contributed by atoms with Crippen molar-refractivity contribution in [3.63, 3.8) is 0 Å². The monoisotopic (exact) mass is 502 g/mol. The Hall–Kier alpha value is -3.75. The zero-order chi connectivity index (χ0) is 25.4. The molecule has 8 nitrogen and oxygen atoms in total. The van der Waals surface area contributed by atoms with Crippen molar-refractivity contribution in [1.29, 1.82) is 0 Å². The highest BCUT2D eigenvalue weighted by atomic mass is 19.1. The average molecular weight is 503 g/mol. The molecule has 3 amide bonds. The number of urea groups is 1. The molecule has 6 rings (SSSR count). The molecule has 0 radical (unpaired) electrons. The van der Waals surface area contributed by atoms with E-state index in [-0.39, 0.29) is 23.7 Å². The molecule has 0 bridgehead atoms. The number of benzene rings is 1. The zero-order valence-electron chi connectivity index (χ0n) is 20.7. The molecule has 1 aromatic carbocycles. The van der Waals surface area contributed by atoms with E-state index in [9.17, 15) is 14.0 Å². The first-order chi connectivity index (χ1) is 18.1. The minimum absolute atomic E-state index is 0.0706. The molecule has 1 atom stereocenters. The van der Waals surface area contributed by atoms with Crippen LogP contribution in [0, 0.1) is 5.82 Å². The van der Waals surface area contributed by atoms with E-state index in [0.29, 0.717) is 31.5 Å². The number of piperidine rings is 1. The summed E-state index contributed by atoms with van der Waals surface area (Å²) in [6.45, 7) is 2.55. The molecular weight excluding hydrogens is 471 g/mol. The number of carbonyl (C=O) groups is 2. The molecule has 4 heterocycles. The molecular formula is C28H31FN6O2. The maximum atomic E-state index is 13.9. The fraction of sp³-hybridized carbons (Fsp3) is 0.429. The van der Waals surface area contributed by atoms with E-state index in [0.717, 1.165) is 49.9 Å². The number of hydrogen-bond donors (Lipinski definition) is 1. The molecule has 3 aliphatic rings. The fourth-order valence-electron chi connectivity index (χ4n) is 5.67. The number of nitrogens with zero attached hydrogens (tertiary/aromatic N) is 5.